The van der Waals surface area contributed by atoms with Gasteiger partial charge in [-0.3, -0.25) is 9.89 Å². The highest BCUT2D eigenvalue weighted by molar-refractivity contribution is 8.01. The van der Waals surface area contributed by atoms with E-state index in [0.29, 0.717) is 16.3 Å². The van der Waals surface area contributed by atoms with Crippen LogP contribution < -0.4 is 10.1 Å². The monoisotopic (exact) mass is 325 g/mol. The second-order valence-corrected chi connectivity index (χ2v) is 7.02. The Labute approximate surface area is 128 Å². The molecule has 2 heterocycles. The van der Waals surface area contributed by atoms with Gasteiger partial charge in [0.25, 0.3) is 0 Å². The summed E-state index contributed by atoms with van der Waals surface area (Å²) in [6.45, 7) is 0.483. The van der Waals surface area contributed by atoms with Crippen molar-refractivity contribution in [3.8, 4) is 5.75 Å². The fraction of sp³-hybridized carbons (Fsp3) is 0.250. The number of para-hydroxylation sites is 1. The minimum absolute atomic E-state index is 0.0404. The van der Waals surface area contributed by atoms with Gasteiger partial charge in [-0.05, 0) is 18.3 Å². The highest BCUT2D eigenvalue weighted by atomic mass is 32.2. The molecule has 5 nitrogen and oxygen atoms in total. The van der Waals surface area contributed by atoms with Crippen molar-refractivity contribution in [3.63, 3.8) is 0 Å². The molecule has 2 aromatic rings. The number of carbonyl (C=O) groups is 1. The number of nitrogens with one attached hydrogen (secondary N) is 2. The highest BCUT2D eigenvalue weighted by Crippen LogP contribution is 2.31. The molecule has 1 aromatic carbocycles. The Morgan fingerprint density at radius 2 is 2.45 bits per heavy atom. The Hall–Kier alpha value is -1.38. The summed E-state index contributed by atoms with van der Waals surface area (Å²) in [4.78, 5) is 11.9. The fourth-order valence-corrected chi connectivity index (χ4v) is 3.82. The first-order valence-corrected chi connectivity index (χ1v) is 8.13. The van der Waals surface area contributed by atoms with Crippen molar-refractivity contribution in [1.82, 2.24) is 15.5 Å². The van der Waals surface area contributed by atoms with E-state index < -0.39 is 0 Å². The average molecular weight is 325 g/mol. The van der Waals surface area contributed by atoms with Gasteiger partial charge in [-0.2, -0.15) is 5.10 Å². The molecule has 0 aliphatic carbocycles. The lowest BCUT2D eigenvalue weighted by atomic mass is 10.1. The van der Waals surface area contributed by atoms with Crippen LogP contribution in [0.3, 0.4) is 0 Å². The van der Waals surface area contributed by atoms with Crippen molar-refractivity contribution in [2.75, 3.05) is 12.4 Å². The van der Waals surface area contributed by atoms with E-state index >= 15 is 0 Å². The third-order valence-corrected chi connectivity index (χ3v) is 5.01. The number of hydrogen-bond donors (Lipinski definition) is 2. The number of H-pyrrole nitrogens is 1. The molecule has 0 saturated heterocycles. The zero-order valence-corrected chi connectivity index (χ0v) is 12.7. The standard InChI is InChI=1S/C12H11N3O2S3/c16-10(6-19-12-15-14-11(18)20-12)13-8-5-17-9-4-2-1-3-7(8)9/h1-4,8H,5-6H2,(H,13,16)(H,14,18). The van der Waals surface area contributed by atoms with E-state index in [1.807, 2.05) is 24.3 Å². The Bertz CT molecular complexity index is 682. The minimum atomic E-state index is -0.0725. The molecule has 0 bridgehead atoms. The molecule has 1 aromatic heterocycles. The van der Waals surface area contributed by atoms with Crippen LogP contribution >= 0.6 is 35.3 Å². The average Bonchev–Trinajstić information content (AvgIpc) is 3.04. The van der Waals surface area contributed by atoms with Crippen LogP contribution in [-0.4, -0.2) is 28.5 Å². The molecule has 1 aliphatic rings. The van der Waals surface area contributed by atoms with E-state index in [4.69, 9.17) is 17.0 Å². The molecule has 20 heavy (non-hydrogen) atoms. The lowest BCUT2D eigenvalue weighted by Crippen LogP contribution is -2.30. The first-order valence-electron chi connectivity index (χ1n) is 5.92. The van der Waals surface area contributed by atoms with Crippen molar-refractivity contribution < 1.29 is 9.53 Å². The molecular formula is C12H11N3O2S3. The second kappa shape index (κ2) is 5.94. The van der Waals surface area contributed by atoms with Gasteiger partial charge >= 0.3 is 0 Å². The normalized spacial score (nSPS) is 16.5. The molecule has 0 spiro atoms. The van der Waals surface area contributed by atoms with Gasteiger partial charge in [-0.1, -0.05) is 41.3 Å². The van der Waals surface area contributed by atoms with Gasteiger partial charge in [-0.25, -0.2) is 0 Å². The van der Waals surface area contributed by atoms with Gasteiger partial charge in [0.2, 0.25) is 5.91 Å². The predicted molar refractivity (Wildman–Crippen MR) is 80.8 cm³/mol. The Morgan fingerprint density at radius 1 is 1.60 bits per heavy atom. The molecule has 2 N–H and O–H groups in total. The minimum Gasteiger partial charge on any atom is -0.491 e. The summed E-state index contributed by atoms with van der Waals surface area (Å²) in [7, 11) is 0. The number of fused-ring (bicyclic) bond motifs is 1. The van der Waals surface area contributed by atoms with Crippen LogP contribution in [0.2, 0.25) is 0 Å². The van der Waals surface area contributed by atoms with Gasteiger partial charge < -0.3 is 10.1 Å². The van der Waals surface area contributed by atoms with Gasteiger partial charge in [-0.15, -0.1) is 0 Å². The fourth-order valence-electron chi connectivity index (χ4n) is 1.92. The smallest absolute Gasteiger partial charge is 0.231 e. The maximum atomic E-state index is 11.9. The van der Waals surface area contributed by atoms with Gasteiger partial charge in [0, 0.05) is 5.56 Å². The molecule has 1 aliphatic heterocycles. The van der Waals surface area contributed by atoms with E-state index in [1.165, 1.54) is 23.1 Å². The Balaban J connectivity index is 1.56. The molecule has 0 fully saturated rings. The number of thioether (sulfide) groups is 1. The van der Waals surface area contributed by atoms with Crippen LogP contribution in [0.4, 0.5) is 0 Å². The number of benzene rings is 1. The van der Waals surface area contributed by atoms with Crippen LogP contribution in [0, 0.1) is 3.95 Å². The van der Waals surface area contributed by atoms with E-state index in [-0.39, 0.29) is 11.9 Å². The molecule has 0 saturated carbocycles. The zero-order chi connectivity index (χ0) is 13.9. The number of amides is 1. The van der Waals surface area contributed by atoms with Crippen molar-refractivity contribution in [2.45, 2.75) is 10.4 Å². The first-order chi connectivity index (χ1) is 9.72. The number of aromatic nitrogens is 2. The lowest BCUT2D eigenvalue weighted by Gasteiger charge is -2.10. The van der Waals surface area contributed by atoms with E-state index in [9.17, 15) is 4.79 Å². The number of hydrogen-bond acceptors (Lipinski definition) is 6. The summed E-state index contributed by atoms with van der Waals surface area (Å²) in [6.07, 6.45) is 0. The van der Waals surface area contributed by atoms with E-state index in [2.05, 4.69) is 15.5 Å². The number of nitrogens with zero attached hydrogens (tertiary/aromatic N) is 1. The van der Waals surface area contributed by atoms with Crippen molar-refractivity contribution in [3.05, 3.63) is 33.8 Å². The highest BCUT2D eigenvalue weighted by Gasteiger charge is 2.24. The third-order valence-electron chi connectivity index (χ3n) is 2.78. The number of ether oxygens (including phenoxy) is 1. The van der Waals surface area contributed by atoms with Crippen LogP contribution in [0.25, 0.3) is 0 Å². The summed E-state index contributed by atoms with van der Waals surface area (Å²) in [5.41, 5.74) is 1.03. The van der Waals surface area contributed by atoms with Gasteiger partial charge in [0.15, 0.2) is 8.29 Å². The summed E-state index contributed by atoms with van der Waals surface area (Å²) in [5.74, 6) is 1.12. The second-order valence-electron chi connectivity index (χ2n) is 4.14. The summed E-state index contributed by atoms with van der Waals surface area (Å²) in [6, 6.07) is 7.67. The van der Waals surface area contributed by atoms with Crippen LogP contribution in [0.5, 0.6) is 5.75 Å². The van der Waals surface area contributed by atoms with E-state index in [0.717, 1.165) is 15.7 Å². The Morgan fingerprint density at radius 3 is 3.25 bits per heavy atom. The maximum Gasteiger partial charge on any atom is 0.231 e. The van der Waals surface area contributed by atoms with Gasteiger partial charge in [0.05, 0.1) is 11.8 Å². The summed E-state index contributed by atoms with van der Waals surface area (Å²) >= 11 is 7.68. The molecule has 1 amide bonds. The molecule has 1 unspecified atom stereocenters. The maximum absolute atomic E-state index is 11.9. The molecule has 3 rings (SSSR count). The summed E-state index contributed by atoms with van der Waals surface area (Å²) in [5, 5.41) is 9.66. The summed E-state index contributed by atoms with van der Waals surface area (Å²) < 4.78 is 6.92. The van der Waals surface area contributed by atoms with Gasteiger partial charge in [0.1, 0.15) is 12.4 Å². The number of rotatable bonds is 4. The SMILES string of the molecule is O=C(CSc1n[nH]c(=S)s1)NC1COc2ccccc21. The molecular weight excluding hydrogens is 314 g/mol. The third kappa shape index (κ3) is 3.02. The van der Waals surface area contributed by atoms with Crippen molar-refractivity contribution >= 4 is 41.2 Å². The molecule has 1 atom stereocenters. The predicted octanol–water partition coefficient (Wildman–Crippen LogP) is 2.54. The molecule has 104 valence electrons. The van der Waals surface area contributed by atoms with Crippen molar-refractivity contribution in [1.29, 1.82) is 0 Å². The first kappa shape index (κ1) is 13.6. The van der Waals surface area contributed by atoms with Crippen molar-refractivity contribution in [2.24, 2.45) is 0 Å². The van der Waals surface area contributed by atoms with Crippen LogP contribution in [0.15, 0.2) is 28.6 Å². The van der Waals surface area contributed by atoms with Crippen LogP contribution in [-0.2, 0) is 4.79 Å². The number of aromatic amines is 1. The lowest BCUT2D eigenvalue weighted by molar-refractivity contribution is -0.119. The molecule has 8 heteroatoms. The molecule has 0 radical (unpaired) electrons. The quantitative estimate of drug-likeness (QED) is 0.668. The van der Waals surface area contributed by atoms with Crippen LogP contribution in [0.1, 0.15) is 11.6 Å². The zero-order valence-electron chi connectivity index (χ0n) is 10.3. The van der Waals surface area contributed by atoms with E-state index in [1.54, 1.807) is 0 Å². The largest absolute Gasteiger partial charge is 0.491 e. The topological polar surface area (TPSA) is 67.0 Å². The number of carbonyl (C=O) groups excluding carboxylic acids is 1. The Kier molecular flexibility index (Phi) is 4.04.